The van der Waals surface area contributed by atoms with E-state index in [1.165, 1.54) is 16.7 Å². The average Bonchev–Trinajstić information content (AvgIpc) is 2.99. The van der Waals surface area contributed by atoms with Crippen molar-refractivity contribution in [2.75, 3.05) is 13.1 Å². The fourth-order valence-electron chi connectivity index (χ4n) is 2.37. The Balaban J connectivity index is 1.68. The molecule has 9 nitrogen and oxygen atoms in total. The van der Waals surface area contributed by atoms with Crippen LogP contribution in [0.3, 0.4) is 0 Å². The number of likely N-dealkylation sites (tertiary alicyclic amines) is 1. The van der Waals surface area contributed by atoms with Crippen molar-refractivity contribution in [3.63, 3.8) is 0 Å². The number of hydrogen-bond acceptors (Lipinski definition) is 4. The van der Waals surface area contributed by atoms with E-state index in [9.17, 15) is 14.4 Å². The maximum Gasteiger partial charge on any atom is 0.343 e. The number of carbonyl (C=O) groups is 2. The van der Waals surface area contributed by atoms with E-state index in [4.69, 9.17) is 5.73 Å². The van der Waals surface area contributed by atoms with Crippen LogP contribution in [0.15, 0.2) is 16.9 Å². The van der Waals surface area contributed by atoms with Crippen molar-refractivity contribution in [2.45, 2.75) is 5.92 Å². The van der Waals surface area contributed by atoms with Gasteiger partial charge < -0.3 is 15.6 Å². The molecule has 9 heteroatoms. The summed E-state index contributed by atoms with van der Waals surface area (Å²) < 4.78 is 1.44. The molecule has 1 saturated heterocycles. The molecule has 0 spiro atoms. The topological polar surface area (TPSA) is 130 Å². The molecule has 1 aliphatic heterocycles. The Hall–Kier alpha value is -2.84. The van der Waals surface area contributed by atoms with Crippen molar-refractivity contribution in [1.29, 1.82) is 0 Å². The zero-order valence-corrected chi connectivity index (χ0v) is 11.3. The van der Waals surface area contributed by atoms with Crippen LogP contribution < -0.4 is 11.4 Å². The minimum atomic E-state index is -0.609. The maximum atomic E-state index is 12.2. The molecule has 0 radical (unpaired) electrons. The number of hydrogen-bond donors (Lipinski definition) is 3. The number of aromatic amines is 2. The summed E-state index contributed by atoms with van der Waals surface area (Å²) >= 11 is 0. The molecule has 4 N–H and O–H groups in total. The summed E-state index contributed by atoms with van der Waals surface area (Å²) in [6.45, 7) is 0.948. The van der Waals surface area contributed by atoms with Gasteiger partial charge in [0.25, 0.3) is 11.8 Å². The second-order valence-electron chi connectivity index (χ2n) is 5.00. The molecule has 1 fully saturated rings. The van der Waals surface area contributed by atoms with E-state index in [0.29, 0.717) is 24.6 Å². The number of nitrogens with zero attached hydrogens (tertiary/aromatic N) is 3. The average molecular weight is 290 g/mol. The minimum Gasteiger partial charge on any atom is -0.364 e. The van der Waals surface area contributed by atoms with Crippen LogP contribution in [0.5, 0.6) is 0 Å². The van der Waals surface area contributed by atoms with Crippen LogP contribution in [0.1, 0.15) is 32.7 Å². The molecule has 110 valence electrons. The zero-order valence-electron chi connectivity index (χ0n) is 11.3. The van der Waals surface area contributed by atoms with Crippen LogP contribution in [0.25, 0.3) is 0 Å². The first kappa shape index (κ1) is 13.2. The standard InChI is InChI=1S/C12H14N6O3/c1-17-10(15-16-12(17)21)6-4-18(5-6)11(20)8-3-2-7(14-8)9(13)19/h2-3,6,14H,4-5H2,1H3,(H2,13,19)(H,16,21). The van der Waals surface area contributed by atoms with Gasteiger partial charge in [0.15, 0.2) is 0 Å². The van der Waals surface area contributed by atoms with E-state index in [1.54, 1.807) is 11.9 Å². The minimum absolute atomic E-state index is 0.0310. The first-order valence-corrected chi connectivity index (χ1v) is 6.36. The highest BCUT2D eigenvalue weighted by molar-refractivity contribution is 5.97. The highest BCUT2D eigenvalue weighted by atomic mass is 16.2. The highest BCUT2D eigenvalue weighted by Gasteiger charge is 2.35. The molecular weight excluding hydrogens is 276 g/mol. The largest absolute Gasteiger partial charge is 0.364 e. The first-order chi connectivity index (χ1) is 9.97. The summed E-state index contributed by atoms with van der Waals surface area (Å²) in [6, 6.07) is 3.00. The van der Waals surface area contributed by atoms with Crippen molar-refractivity contribution in [2.24, 2.45) is 12.8 Å². The molecule has 0 aliphatic carbocycles. The first-order valence-electron chi connectivity index (χ1n) is 6.36. The molecule has 2 aromatic rings. The lowest BCUT2D eigenvalue weighted by Crippen LogP contribution is -2.49. The second-order valence-corrected chi connectivity index (χ2v) is 5.00. The number of H-pyrrole nitrogens is 2. The Labute approximate surface area is 118 Å². The summed E-state index contributed by atoms with van der Waals surface area (Å²) in [6.07, 6.45) is 0. The van der Waals surface area contributed by atoms with E-state index in [-0.39, 0.29) is 23.2 Å². The van der Waals surface area contributed by atoms with Gasteiger partial charge in [-0.05, 0) is 12.1 Å². The summed E-state index contributed by atoms with van der Waals surface area (Å²) in [4.78, 5) is 38.8. The maximum absolute atomic E-state index is 12.2. The third kappa shape index (κ3) is 2.12. The number of carbonyl (C=O) groups excluding carboxylic acids is 2. The fourth-order valence-corrected chi connectivity index (χ4v) is 2.37. The number of nitrogens with one attached hydrogen (secondary N) is 2. The smallest absolute Gasteiger partial charge is 0.343 e. The van der Waals surface area contributed by atoms with Gasteiger partial charge in [-0.2, -0.15) is 5.10 Å². The van der Waals surface area contributed by atoms with Crippen LogP contribution in [0, 0.1) is 0 Å². The van der Waals surface area contributed by atoms with Crippen LogP contribution >= 0.6 is 0 Å². The van der Waals surface area contributed by atoms with Gasteiger partial charge in [0, 0.05) is 20.1 Å². The molecule has 3 rings (SSSR count). The molecule has 0 unspecified atom stereocenters. The lowest BCUT2D eigenvalue weighted by molar-refractivity contribution is 0.0586. The molecule has 0 saturated carbocycles. The van der Waals surface area contributed by atoms with E-state index in [0.717, 1.165) is 0 Å². The molecule has 0 bridgehead atoms. The van der Waals surface area contributed by atoms with Crippen LogP contribution in [0.2, 0.25) is 0 Å². The van der Waals surface area contributed by atoms with Crippen LogP contribution in [-0.2, 0) is 7.05 Å². The second kappa shape index (κ2) is 4.62. The van der Waals surface area contributed by atoms with Gasteiger partial charge >= 0.3 is 5.69 Å². The van der Waals surface area contributed by atoms with Crippen molar-refractivity contribution in [1.82, 2.24) is 24.6 Å². The molecule has 0 aromatic carbocycles. The van der Waals surface area contributed by atoms with Crippen LogP contribution in [-0.4, -0.2) is 49.6 Å². The lowest BCUT2D eigenvalue weighted by Gasteiger charge is -2.38. The normalized spacial score (nSPS) is 15.0. The molecule has 1 aliphatic rings. The van der Waals surface area contributed by atoms with E-state index in [1.807, 2.05) is 0 Å². The van der Waals surface area contributed by atoms with Crippen molar-refractivity contribution < 1.29 is 9.59 Å². The molecule has 2 aromatic heterocycles. The van der Waals surface area contributed by atoms with Gasteiger partial charge in [-0.1, -0.05) is 0 Å². The Bertz CT molecular complexity index is 764. The third-order valence-electron chi connectivity index (χ3n) is 3.63. The Morgan fingerprint density at radius 3 is 2.52 bits per heavy atom. The molecule has 0 atom stereocenters. The van der Waals surface area contributed by atoms with E-state index < -0.39 is 5.91 Å². The molecule has 21 heavy (non-hydrogen) atoms. The van der Waals surface area contributed by atoms with Crippen molar-refractivity contribution >= 4 is 11.8 Å². The number of nitrogens with two attached hydrogens (primary N) is 1. The van der Waals surface area contributed by atoms with Gasteiger partial charge in [0.1, 0.15) is 17.2 Å². The van der Waals surface area contributed by atoms with Crippen molar-refractivity contribution in [3.8, 4) is 0 Å². The predicted octanol–water partition coefficient (Wildman–Crippen LogP) is -1.22. The Kier molecular flexibility index (Phi) is 2.89. The van der Waals surface area contributed by atoms with E-state index >= 15 is 0 Å². The SMILES string of the molecule is Cn1c(C2CN(C(=O)c3ccc(C(N)=O)[nH]3)C2)n[nH]c1=O. The zero-order chi connectivity index (χ0) is 15.1. The summed E-state index contributed by atoms with van der Waals surface area (Å²) in [5.74, 6) is -0.154. The van der Waals surface area contributed by atoms with Gasteiger partial charge in [-0.15, -0.1) is 0 Å². The number of primary amides is 1. The molecule has 3 heterocycles. The number of aromatic nitrogens is 4. The summed E-state index contributed by atoms with van der Waals surface area (Å²) in [7, 11) is 1.63. The lowest BCUT2D eigenvalue weighted by atomic mass is 9.99. The fraction of sp³-hybridized carbons (Fsp3) is 0.333. The monoisotopic (exact) mass is 290 g/mol. The van der Waals surface area contributed by atoms with Crippen LogP contribution in [0.4, 0.5) is 0 Å². The summed E-state index contributed by atoms with van der Waals surface area (Å²) in [5.41, 5.74) is 5.37. The Morgan fingerprint density at radius 1 is 1.33 bits per heavy atom. The number of amides is 2. The van der Waals surface area contributed by atoms with Gasteiger partial charge in [-0.3, -0.25) is 14.2 Å². The molecular formula is C12H14N6O3. The van der Waals surface area contributed by atoms with Crippen molar-refractivity contribution in [3.05, 3.63) is 39.8 Å². The van der Waals surface area contributed by atoms with E-state index in [2.05, 4.69) is 15.2 Å². The quantitative estimate of drug-likeness (QED) is 0.653. The van der Waals surface area contributed by atoms with Gasteiger partial charge in [-0.25, -0.2) is 9.89 Å². The third-order valence-corrected chi connectivity index (χ3v) is 3.63. The predicted molar refractivity (Wildman–Crippen MR) is 71.8 cm³/mol. The summed E-state index contributed by atoms with van der Waals surface area (Å²) in [5, 5.41) is 6.32. The van der Waals surface area contributed by atoms with Gasteiger partial charge in [0.2, 0.25) is 0 Å². The molecule has 2 amide bonds. The highest BCUT2D eigenvalue weighted by Crippen LogP contribution is 2.25. The Morgan fingerprint density at radius 2 is 2.00 bits per heavy atom. The number of rotatable bonds is 3. The van der Waals surface area contributed by atoms with Gasteiger partial charge in [0.05, 0.1) is 5.92 Å².